The quantitative estimate of drug-likeness (QED) is 0.174. The zero-order valence-corrected chi connectivity index (χ0v) is 17.2. The largest absolute Gasteiger partial charge is 0.399 e. The average molecular weight is 387 g/mol. The van der Waals surface area contributed by atoms with Crippen LogP contribution in [0.5, 0.6) is 0 Å². The molecule has 3 aromatic rings. The zero-order valence-electron chi connectivity index (χ0n) is 17.2. The fourth-order valence-corrected chi connectivity index (χ4v) is 2.05. The van der Waals surface area contributed by atoms with E-state index in [2.05, 4.69) is 56.3 Å². The van der Waals surface area contributed by atoms with Crippen molar-refractivity contribution in [2.75, 3.05) is 12.8 Å². The van der Waals surface area contributed by atoms with Gasteiger partial charge >= 0.3 is 0 Å². The van der Waals surface area contributed by atoms with Gasteiger partial charge < -0.3 is 11.9 Å². The Morgan fingerprint density at radius 3 is 1.38 bits per heavy atom. The predicted octanol–water partition coefficient (Wildman–Crippen LogP) is 6.62. The lowest BCUT2D eigenvalue weighted by atomic mass is 10.1. The molecule has 0 bridgehead atoms. The van der Waals surface area contributed by atoms with E-state index in [0.717, 1.165) is 11.4 Å². The Morgan fingerprint density at radius 2 is 1.07 bits per heavy atom. The highest BCUT2D eigenvalue weighted by atomic mass is 14.9. The maximum atomic E-state index is 5.49. The van der Waals surface area contributed by atoms with Crippen molar-refractivity contribution in [2.24, 2.45) is 0 Å². The van der Waals surface area contributed by atoms with E-state index in [9.17, 15) is 0 Å². The Balaban J connectivity index is 0.000000461. The summed E-state index contributed by atoms with van der Waals surface area (Å²) in [5, 5.41) is 0. The fraction of sp³-hybridized carbons (Fsp3) is 0.0385. The second kappa shape index (κ2) is 15.4. The first-order chi connectivity index (χ1) is 13.6. The van der Waals surface area contributed by atoms with Gasteiger partial charge in [-0.05, 0) is 23.3 Å². The molecule has 29 heavy (non-hydrogen) atoms. The molecule has 5 N–H and O–H groups in total. The van der Waals surface area contributed by atoms with Crippen LogP contribution in [0.1, 0.15) is 11.1 Å². The molecule has 0 fully saturated rings. The molecule has 0 aliphatic rings. The average Bonchev–Trinajstić information content (AvgIpc) is 2.75. The van der Waals surface area contributed by atoms with Crippen LogP contribution < -0.4 is 11.9 Å². The molecule has 0 radical (unpaired) electrons. The molecule has 0 aliphatic heterocycles. The molecule has 0 saturated heterocycles. The highest BCUT2D eigenvalue weighted by Gasteiger charge is 1.96. The van der Waals surface area contributed by atoms with Crippen LogP contribution in [-0.2, 0) is 0 Å². The van der Waals surface area contributed by atoms with Crippen LogP contribution in [-0.4, -0.2) is 18.3 Å². The van der Waals surface area contributed by atoms with Gasteiger partial charge in [-0.25, -0.2) is 4.58 Å². The van der Waals surface area contributed by atoms with E-state index in [1.807, 2.05) is 67.7 Å². The molecule has 0 heterocycles. The van der Waals surface area contributed by atoms with E-state index in [-0.39, 0.29) is 6.15 Å². The third-order valence-electron chi connectivity index (χ3n) is 3.57. The maximum Gasteiger partial charge on any atom is 0.204 e. The van der Waals surface area contributed by atoms with Gasteiger partial charge in [-0.15, -0.1) is 0 Å². The van der Waals surface area contributed by atoms with Crippen molar-refractivity contribution in [3.63, 3.8) is 0 Å². The zero-order chi connectivity index (χ0) is 20.6. The highest BCUT2D eigenvalue weighted by molar-refractivity contribution is 5.69. The molecule has 3 rings (SSSR count). The molecule has 0 saturated carbocycles. The van der Waals surface area contributed by atoms with E-state index in [0.29, 0.717) is 0 Å². The summed E-state index contributed by atoms with van der Waals surface area (Å²) in [5.41, 5.74) is 9.80. The van der Waals surface area contributed by atoms with Gasteiger partial charge in [0, 0.05) is 17.8 Å². The standard InChI is InChI=1S/C14H12.C8H11N2.C4H6.H3N/c1-3-7-13(8-4-1)11-12-14-9-5-2-6-10-14;1-10(2)8-5-3-7(9)4-6-8;1-3-4-2;/h1-12H;3-6H,1,9H2,2H3;3-4H,1-2H2;1H3/q;+1;;/b12-11-;;;. The Bertz CT molecular complexity index is 817. The SMILES string of the molecule is C(=C/c1ccccc1)/c1ccccc1.C=CC=C.C=[N+](C)c1ccc(N)cc1.N. The summed E-state index contributed by atoms with van der Waals surface area (Å²) < 4.78 is 1.79. The lowest BCUT2D eigenvalue weighted by molar-refractivity contribution is -0.394. The number of nitrogens with zero attached hydrogens (tertiary/aromatic N) is 1. The van der Waals surface area contributed by atoms with Crippen molar-refractivity contribution in [2.45, 2.75) is 0 Å². The van der Waals surface area contributed by atoms with Crippen LogP contribution >= 0.6 is 0 Å². The minimum Gasteiger partial charge on any atom is -0.399 e. The Labute approximate surface area is 175 Å². The normalized spacial score (nSPS) is 9.00. The van der Waals surface area contributed by atoms with Crippen LogP contribution in [0.15, 0.2) is 110 Å². The third kappa shape index (κ3) is 11.6. The predicted molar refractivity (Wildman–Crippen MR) is 131 cm³/mol. The first kappa shape index (κ1) is 25.3. The Morgan fingerprint density at radius 1 is 0.690 bits per heavy atom. The molecule has 0 aliphatic carbocycles. The van der Waals surface area contributed by atoms with Crippen molar-refractivity contribution >= 4 is 30.2 Å². The van der Waals surface area contributed by atoms with Crippen molar-refractivity contribution in [3.05, 3.63) is 121 Å². The number of nitrogen functional groups attached to an aromatic ring is 1. The first-order valence-electron chi connectivity index (χ1n) is 8.98. The van der Waals surface area contributed by atoms with Crippen LogP contribution in [0.25, 0.3) is 12.2 Å². The highest BCUT2D eigenvalue weighted by Crippen LogP contribution is 2.11. The van der Waals surface area contributed by atoms with Crippen LogP contribution in [0.3, 0.4) is 0 Å². The molecule has 150 valence electrons. The third-order valence-corrected chi connectivity index (χ3v) is 3.57. The summed E-state index contributed by atoms with van der Waals surface area (Å²) in [5.74, 6) is 0. The molecule has 0 aromatic heterocycles. The van der Waals surface area contributed by atoms with E-state index in [1.54, 1.807) is 16.7 Å². The van der Waals surface area contributed by atoms with E-state index >= 15 is 0 Å². The summed E-state index contributed by atoms with van der Waals surface area (Å²) in [6.45, 7) is 10.5. The maximum absolute atomic E-state index is 5.49. The summed E-state index contributed by atoms with van der Waals surface area (Å²) in [6, 6.07) is 28.2. The number of rotatable bonds is 4. The first-order valence-corrected chi connectivity index (χ1v) is 8.98. The number of hydrogen-bond donors (Lipinski definition) is 2. The van der Waals surface area contributed by atoms with E-state index < -0.39 is 0 Å². The van der Waals surface area contributed by atoms with Crippen LogP contribution in [0.4, 0.5) is 11.4 Å². The van der Waals surface area contributed by atoms with Gasteiger partial charge in [-0.3, -0.25) is 0 Å². The number of benzene rings is 3. The Hall–Kier alpha value is -3.69. The summed E-state index contributed by atoms with van der Waals surface area (Å²) >= 11 is 0. The van der Waals surface area contributed by atoms with Crippen LogP contribution in [0, 0.1) is 0 Å². The molecule has 3 aromatic carbocycles. The number of allylic oxidation sites excluding steroid dienone is 2. The smallest absolute Gasteiger partial charge is 0.204 e. The van der Waals surface area contributed by atoms with Gasteiger partial charge in [-0.2, -0.15) is 0 Å². The van der Waals surface area contributed by atoms with Gasteiger partial charge in [-0.1, -0.05) is 98.1 Å². The number of nitrogens with two attached hydrogens (primary N) is 1. The lowest BCUT2D eigenvalue weighted by Gasteiger charge is -1.93. The number of hydrogen-bond acceptors (Lipinski definition) is 2. The Kier molecular flexibility index (Phi) is 13.4. The summed E-state index contributed by atoms with van der Waals surface area (Å²) in [7, 11) is 1.89. The van der Waals surface area contributed by atoms with Crippen molar-refractivity contribution in [3.8, 4) is 0 Å². The molecular weight excluding hydrogens is 354 g/mol. The molecule has 0 spiro atoms. The van der Waals surface area contributed by atoms with Crippen LogP contribution in [0.2, 0.25) is 0 Å². The topological polar surface area (TPSA) is 64.0 Å². The van der Waals surface area contributed by atoms with E-state index in [1.165, 1.54) is 11.1 Å². The lowest BCUT2D eigenvalue weighted by Crippen LogP contribution is -1.92. The van der Waals surface area contributed by atoms with Crippen molar-refractivity contribution < 1.29 is 4.58 Å². The van der Waals surface area contributed by atoms with Gasteiger partial charge in [0.1, 0.15) is 13.8 Å². The summed E-state index contributed by atoms with van der Waals surface area (Å²) in [4.78, 5) is 0. The monoisotopic (exact) mass is 386 g/mol. The molecule has 0 unspecified atom stereocenters. The van der Waals surface area contributed by atoms with Gasteiger partial charge in [0.2, 0.25) is 5.69 Å². The minimum absolute atomic E-state index is 0. The van der Waals surface area contributed by atoms with Gasteiger partial charge in [0.25, 0.3) is 0 Å². The minimum atomic E-state index is 0. The second-order valence-corrected chi connectivity index (χ2v) is 5.92. The molecular formula is C26H32N3+. The molecule has 0 atom stereocenters. The molecule has 3 nitrogen and oxygen atoms in total. The van der Waals surface area contributed by atoms with Gasteiger partial charge in [0.05, 0.1) is 0 Å². The second-order valence-electron chi connectivity index (χ2n) is 5.92. The molecule has 0 amide bonds. The fourth-order valence-electron chi connectivity index (χ4n) is 2.05. The summed E-state index contributed by atoms with van der Waals surface area (Å²) in [6.07, 6.45) is 7.52. The van der Waals surface area contributed by atoms with Gasteiger partial charge in [0.15, 0.2) is 0 Å². The van der Waals surface area contributed by atoms with E-state index in [4.69, 9.17) is 5.73 Å². The number of anilines is 1. The molecule has 3 heteroatoms. The van der Waals surface area contributed by atoms with Crippen molar-refractivity contribution in [1.29, 1.82) is 0 Å². The van der Waals surface area contributed by atoms with Crippen molar-refractivity contribution in [1.82, 2.24) is 6.15 Å².